The molecule has 144 valence electrons. The summed E-state index contributed by atoms with van der Waals surface area (Å²) < 4.78 is 13.0. The molecular weight excluding hydrogens is 460 g/mol. The maximum absolute atomic E-state index is 12.2. The first-order chi connectivity index (χ1) is 13.9. The van der Waals surface area contributed by atoms with Crippen LogP contribution in [0.1, 0.15) is 16.1 Å². The van der Waals surface area contributed by atoms with E-state index in [1.807, 2.05) is 18.2 Å². The highest BCUT2D eigenvalue weighted by atomic mass is 79.9. The second-order valence-corrected chi connectivity index (χ2v) is 7.40. The Balaban J connectivity index is 1.87. The number of carbonyl (C=O) groups is 1. The first-order valence-corrected chi connectivity index (χ1v) is 9.45. The summed E-state index contributed by atoms with van der Waals surface area (Å²) in [7, 11) is 1.25. The summed E-state index contributed by atoms with van der Waals surface area (Å²) in [6, 6.07) is 12.5. The number of halogens is 2. The number of nitrogen functional groups attached to an aromatic ring is 1. The number of hydrogen-bond donors (Lipinski definition) is 1. The minimum Gasteiger partial charge on any atom is -0.464 e. The van der Waals surface area contributed by atoms with Gasteiger partial charge in [-0.25, -0.2) is 9.78 Å². The van der Waals surface area contributed by atoms with Crippen LogP contribution in [0.3, 0.4) is 0 Å². The number of nitriles is 1. The van der Waals surface area contributed by atoms with Gasteiger partial charge < -0.3 is 19.5 Å². The molecule has 2 heterocycles. The maximum Gasteiger partial charge on any atom is 0.357 e. The van der Waals surface area contributed by atoms with Gasteiger partial charge in [-0.15, -0.1) is 0 Å². The molecule has 0 fully saturated rings. The number of oxazole rings is 1. The summed E-state index contributed by atoms with van der Waals surface area (Å²) in [5.41, 5.74) is 8.57. The molecule has 0 radical (unpaired) electrons. The highest BCUT2D eigenvalue weighted by Gasteiger charge is 2.22. The number of esters is 1. The molecule has 2 N–H and O–H groups in total. The molecule has 0 aliphatic heterocycles. The second kappa shape index (κ2) is 7.28. The predicted molar refractivity (Wildman–Crippen MR) is 112 cm³/mol. The molecule has 0 saturated carbocycles. The van der Waals surface area contributed by atoms with E-state index in [2.05, 4.69) is 20.9 Å². The molecule has 0 spiro atoms. The molecule has 0 aliphatic carbocycles. The molecule has 4 aromatic rings. The highest BCUT2D eigenvalue weighted by Crippen LogP contribution is 2.33. The fraction of sp³-hybridized carbons (Fsp3) is 0.0500. The van der Waals surface area contributed by atoms with Gasteiger partial charge in [-0.1, -0.05) is 27.5 Å². The van der Waals surface area contributed by atoms with Crippen molar-refractivity contribution in [2.45, 2.75) is 0 Å². The van der Waals surface area contributed by atoms with E-state index in [-0.39, 0.29) is 16.9 Å². The number of ether oxygens (including phenoxy) is 1. The van der Waals surface area contributed by atoms with E-state index in [9.17, 15) is 10.1 Å². The van der Waals surface area contributed by atoms with Gasteiger partial charge in [0.05, 0.1) is 28.9 Å². The van der Waals surface area contributed by atoms with Crippen molar-refractivity contribution in [1.82, 2.24) is 9.55 Å². The molecule has 2 aromatic heterocycles. The molecule has 0 atom stereocenters. The van der Waals surface area contributed by atoms with Gasteiger partial charge in [-0.05, 0) is 36.4 Å². The summed E-state index contributed by atoms with van der Waals surface area (Å²) in [4.78, 5) is 16.7. The number of hydrogen-bond acceptors (Lipinski definition) is 6. The van der Waals surface area contributed by atoms with E-state index in [1.165, 1.54) is 17.9 Å². The zero-order chi connectivity index (χ0) is 20.7. The van der Waals surface area contributed by atoms with Crippen LogP contribution < -0.4 is 5.73 Å². The Morgan fingerprint density at radius 1 is 1.34 bits per heavy atom. The number of methoxy groups -OCH3 is 1. The third kappa shape index (κ3) is 3.24. The van der Waals surface area contributed by atoms with E-state index in [1.54, 1.807) is 24.3 Å². The summed E-state index contributed by atoms with van der Waals surface area (Å²) in [5, 5.41) is 9.77. The second-order valence-electron chi connectivity index (χ2n) is 6.07. The van der Waals surface area contributed by atoms with Crippen LogP contribution >= 0.6 is 27.5 Å². The van der Waals surface area contributed by atoms with E-state index in [4.69, 9.17) is 26.5 Å². The van der Waals surface area contributed by atoms with Crippen LogP contribution in [-0.2, 0) is 4.74 Å². The van der Waals surface area contributed by atoms with Crippen molar-refractivity contribution in [2.75, 3.05) is 12.8 Å². The smallest absolute Gasteiger partial charge is 0.357 e. The Bertz CT molecular complexity index is 1320. The first kappa shape index (κ1) is 19.1. The molecule has 0 bridgehead atoms. The van der Waals surface area contributed by atoms with Crippen LogP contribution in [0.15, 0.2) is 51.5 Å². The van der Waals surface area contributed by atoms with Gasteiger partial charge in [0.1, 0.15) is 11.6 Å². The summed E-state index contributed by atoms with van der Waals surface area (Å²) in [5.74, 6) is -0.285. The summed E-state index contributed by atoms with van der Waals surface area (Å²) in [6.07, 6.45) is 1.48. The Morgan fingerprint density at radius 3 is 2.86 bits per heavy atom. The van der Waals surface area contributed by atoms with Crippen molar-refractivity contribution in [3.63, 3.8) is 0 Å². The molecule has 0 unspecified atom stereocenters. The standard InChI is InChI=1S/C20H12BrClN4O3/c1-28-20(27)18-17(24)10(8-23)9-26(18)12-3-5-16-15(7-12)25-19(29-16)13-6-11(21)2-4-14(13)22/h2-7,9H,24H2,1H3. The van der Waals surface area contributed by atoms with Crippen LogP contribution in [0.5, 0.6) is 0 Å². The lowest BCUT2D eigenvalue weighted by atomic mass is 10.2. The summed E-state index contributed by atoms with van der Waals surface area (Å²) >= 11 is 9.68. The van der Waals surface area contributed by atoms with Crippen molar-refractivity contribution in [3.8, 4) is 23.2 Å². The van der Waals surface area contributed by atoms with Gasteiger partial charge in [-0.3, -0.25) is 0 Å². The van der Waals surface area contributed by atoms with Crippen molar-refractivity contribution < 1.29 is 13.9 Å². The zero-order valence-electron chi connectivity index (χ0n) is 14.9. The minimum absolute atomic E-state index is 0.0567. The van der Waals surface area contributed by atoms with E-state index >= 15 is 0 Å². The lowest BCUT2D eigenvalue weighted by molar-refractivity contribution is 0.0593. The van der Waals surface area contributed by atoms with E-state index in [0.29, 0.717) is 33.3 Å². The normalized spacial score (nSPS) is 10.8. The third-order valence-corrected chi connectivity index (χ3v) is 5.17. The zero-order valence-corrected chi connectivity index (χ0v) is 17.3. The number of rotatable bonds is 3. The Labute approximate surface area is 178 Å². The average Bonchev–Trinajstić information content (AvgIpc) is 3.29. The van der Waals surface area contributed by atoms with Crippen LogP contribution in [0.2, 0.25) is 5.02 Å². The quantitative estimate of drug-likeness (QED) is 0.424. The van der Waals surface area contributed by atoms with Crippen LogP contribution in [0.4, 0.5) is 5.69 Å². The van der Waals surface area contributed by atoms with Crippen LogP contribution in [0.25, 0.3) is 28.2 Å². The topological polar surface area (TPSA) is 107 Å². The fourth-order valence-electron chi connectivity index (χ4n) is 2.96. The molecule has 0 saturated heterocycles. The fourth-order valence-corrected chi connectivity index (χ4v) is 3.52. The van der Waals surface area contributed by atoms with Gasteiger partial charge in [-0.2, -0.15) is 5.26 Å². The van der Waals surface area contributed by atoms with Gasteiger partial charge in [0, 0.05) is 16.4 Å². The minimum atomic E-state index is -0.647. The monoisotopic (exact) mass is 470 g/mol. The molecule has 0 amide bonds. The number of fused-ring (bicyclic) bond motifs is 1. The van der Waals surface area contributed by atoms with E-state index in [0.717, 1.165) is 4.47 Å². The number of benzene rings is 2. The van der Waals surface area contributed by atoms with Crippen LogP contribution in [-0.4, -0.2) is 22.6 Å². The lowest BCUT2D eigenvalue weighted by Crippen LogP contribution is -2.11. The van der Waals surface area contributed by atoms with Gasteiger partial charge >= 0.3 is 5.97 Å². The highest BCUT2D eigenvalue weighted by molar-refractivity contribution is 9.10. The number of carbonyl (C=O) groups excluding carboxylic acids is 1. The molecule has 4 rings (SSSR count). The third-order valence-electron chi connectivity index (χ3n) is 4.35. The van der Waals surface area contributed by atoms with Crippen molar-refractivity contribution >= 4 is 50.3 Å². The number of nitrogens with two attached hydrogens (primary N) is 1. The molecule has 2 aromatic carbocycles. The average molecular weight is 472 g/mol. The predicted octanol–water partition coefficient (Wildman–Crippen LogP) is 4.94. The van der Waals surface area contributed by atoms with Gasteiger partial charge in [0.2, 0.25) is 5.89 Å². The Morgan fingerprint density at radius 2 is 2.14 bits per heavy atom. The van der Waals surface area contributed by atoms with Gasteiger partial charge in [0.15, 0.2) is 11.3 Å². The molecule has 7 nitrogen and oxygen atoms in total. The Kier molecular flexibility index (Phi) is 4.78. The van der Waals surface area contributed by atoms with Crippen LogP contribution in [0, 0.1) is 11.3 Å². The number of nitrogens with zero attached hydrogens (tertiary/aromatic N) is 3. The number of anilines is 1. The van der Waals surface area contributed by atoms with E-state index < -0.39 is 5.97 Å². The Hall–Kier alpha value is -3.28. The molecular formula is C20H12BrClN4O3. The van der Waals surface area contributed by atoms with Crippen molar-refractivity contribution in [3.05, 3.63) is 63.3 Å². The maximum atomic E-state index is 12.2. The number of aromatic nitrogens is 2. The summed E-state index contributed by atoms with van der Waals surface area (Å²) in [6.45, 7) is 0. The van der Waals surface area contributed by atoms with Gasteiger partial charge in [0.25, 0.3) is 0 Å². The van der Waals surface area contributed by atoms with Crippen molar-refractivity contribution in [2.24, 2.45) is 0 Å². The molecule has 9 heteroatoms. The first-order valence-electron chi connectivity index (χ1n) is 8.28. The van der Waals surface area contributed by atoms with Crippen molar-refractivity contribution in [1.29, 1.82) is 5.26 Å². The molecule has 0 aliphatic rings. The molecule has 29 heavy (non-hydrogen) atoms. The largest absolute Gasteiger partial charge is 0.464 e. The SMILES string of the molecule is COC(=O)c1c(N)c(C#N)cn1-c1ccc2oc(-c3cc(Br)ccc3Cl)nc2c1. The lowest BCUT2D eigenvalue weighted by Gasteiger charge is -2.08.